The van der Waals surface area contributed by atoms with Crippen molar-refractivity contribution in [3.8, 4) is 0 Å². The predicted molar refractivity (Wildman–Crippen MR) is 120 cm³/mol. The Balaban J connectivity index is 1.39. The van der Waals surface area contributed by atoms with Crippen molar-refractivity contribution in [3.05, 3.63) is 51.2 Å². The van der Waals surface area contributed by atoms with Gasteiger partial charge in [0.1, 0.15) is 6.61 Å². The van der Waals surface area contributed by atoms with Crippen LogP contribution in [0.15, 0.2) is 36.4 Å². The Bertz CT molecular complexity index is 962. The van der Waals surface area contributed by atoms with E-state index in [-0.39, 0.29) is 36.4 Å². The number of benzene rings is 1. The first-order valence-electron chi connectivity index (χ1n) is 10.4. The molecule has 2 fully saturated rings. The van der Waals surface area contributed by atoms with Gasteiger partial charge in [0.05, 0.1) is 15.8 Å². The third-order valence-corrected chi connectivity index (χ3v) is 6.85. The number of hydrogen-bond donors (Lipinski definition) is 2. The molecule has 9 heteroatoms. The number of ether oxygens (including phenoxy) is 1. The Morgan fingerprint density at radius 1 is 1.00 bits per heavy atom. The summed E-state index contributed by atoms with van der Waals surface area (Å²) in [7, 11) is 0. The number of carbonyl (C=O) groups excluding carboxylic acids is 3. The van der Waals surface area contributed by atoms with Crippen LogP contribution in [0.2, 0.25) is 4.34 Å². The summed E-state index contributed by atoms with van der Waals surface area (Å²) in [4.78, 5) is 39.6. The fourth-order valence-corrected chi connectivity index (χ4v) is 4.93. The maximum absolute atomic E-state index is 12.8. The molecule has 0 radical (unpaired) electrons. The fourth-order valence-electron chi connectivity index (χ4n) is 3.99. The highest BCUT2D eigenvalue weighted by atomic mass is 35.5. The number of amides is 3. The molecule has 2 aliphatic rings. The average Bonchev–Trinajstić information content (AvgIpc) is 3.22. The van der Waals surface area contributed by atoms with Crippen molar-refractivity contribution in [1.29, 1.82) is 0 Å². The van der Waals surface area contributed by atoms with Gasteiger partial charge in [0.15, 0.2) is 0 Å². The summed E-state index contributed by atoms with van der Waals surface area (Å²) in [5.74, 6) is -0.441. The van der Waals surface area contributed by atoms with E-state index in [0.717, 1.165) is 31.4 Å². The molecule has 2 N–H and O–H groups in total. The SMILES string of the molecule is O=C(NC1CCCCC1NC(=O)c1ccc(Cl)s1)c1ccc(N2CCOCC2=O)cc1. The molecule has 0 spiro atoms. The van der Waals surface area contributed by atoms with E-state index in [4.69, 9.17) is 16.3 Å². The highest BCUT2D eigenvalue weighted by Crippen LogP contribution is 2.24. The van der Waals surface area contributed by atoms with E-state index in [9.17, 15) is 14.4 Å². The molecule has 1 aromatic carbocycles. The number of halogens is 1. The third kappa shape index (κ3) is 5.26. The summed E-state index contributed by atoms with van der Waals surface area (Å²) in [5, 5.41) is 6.13. The average molecular weight is 462 g/mol. The van der Waals surface area contributed by atoms with Gasteiger partial charge < -0.3 is 20.3 Å². The van der Waals surface area contributed by atoms with E-state index in [1.807, 2.05) is 0 Å². The minimum Gasteiger partial charge on any atom is -0.370 e. The predicted octanol–water partition coefficient (Wildman–Crippen LogP) is 3.24. The maximum atomic E-state index is 12.8. The van der Waals surface area contributed by atoms with Crippen molar-refractivity contribution >= 4 is 46.3 Å². The van der Waals surface area contributed by atoms with Crippen molar-refractivity contribution in [3.63, 3.8) is 0 Å². The Hall–Kier alpha value is -2.42. The van der Waals surface area contributed by atoms with E-state index in [1.165, 1.54) is 11.3 Å². The van der Waals surface area contributed by atoms with Gasteiger partial charge in [-0.15, -0.1) is 11.3 Å². The summed E-state index contributed by atoms with van der Waals surface area (Å²) in [6, 6.07) is 10.1. The summed E-state index contributed by atoms with van der Waals surface area (Å²) in [6.45, 7) is 1.08. The smallest absolute Gasteiger partial charge is 0.261 e. The highest BCUT2D eigenvalue weighted by molar-refractivity contribution is 7.18. The minimum absolute atomic E-state index is 0.0781. The molecular formula is C22H24ClN3O4S. The topological polar surface area (TPSA) is 87.7 Å². The van der Waals surface area contributed by atoms with E-state index in [0.29, 0.717) is 27.9 Å². The molecule has 1 saturated heterocycles. The van der Waals surface area contributed by atoms with Crippen molar-refractivity contribution in [2.45, 2.75) is 37.8 Å². The maximum Gasteiger partial charge on any atom is 0.261 e. The lowest BCUT2D eigenvalue weighted by Crippen LogP contribution is -2.53. The van der Waals surface area contributed by atoms with Crippen molar-refractivity contribution in [2.24, 2.45) is 0 Å². The molecule has 2 atom stereocenters. The number of thiophene rings is 1. The van der Waals surface area contributed by atoms with Crippen LogP contribution in [0.1, 0.15) is 45.7 Å². The van der Waals surface area contributed by atoms with Gasteiger partial charge >= 0.3 is 0 Å². The van der Waals surface area contributed by atoms with Gasteiger partial charge in [-0.3, -0.25) is 14.4 Å². The highest BCUT2D eigenvalue weighted by Gasteiger charge is 2.29. The van der Waals surface area contributed by atoms with E-state index in [1.54, 1.807) is 41.3 Å². The minimum atomic E-state index is -0.190. The lowest BCUT2D eigenvalue weighted by molar-refractivity contribution is -0.125. The Kier molecular flexibility index (Phi) is 6.89. The first-order valence-corrected chi connectivity index (χ1v) is 11.6. The Morgan fingerprint density at radius 2 is 1.68 bits per heavy atom. The van der Waals surface area contributed by atoms with Crippen LogP contribution in [0.5, 0.6) is 0 Å². The lowest BCUT2D eigenvalue weighted by Gasteiger charge is -2.32. The van der Waals surface area contributed by atoms with Crippen LogP contribution in [-0.2, 0) is 9.53 Å². The van der Waals surface area contributed by atoms with Crippen molar-refractivity contribution in [2.75, 3.05) is 24.7 Å². The molecule has 164 valence electrons. The molecule has 1 aliphatic carbocycles. The van der Waals surface area contributed by atoms with Gasteiger partial charge in [-0.2, -0.15) is 0 Å². The first-order chi connectivity index (χ1) is 15.0. The molecular weight excluding hydrogens is 438 g/mol. The summed E-state index contributed by atoms with van der Waals surface area (Å²) < 4.78 is 5.73. The zero-order chi connectivity index (χ0) is 21.8. The standard InChI is InChI=1S/C22H24ClN3O4S/c23-19-10-9-18(31-19)22(29)25-17-4-2-1-3-16(17)24-21(28)14-5-7-15(8-6-14)26-11-12-30-13-20(26)27/h5-10,16-17H,1-4,11-13H2,(H,24,28)(H,25,29). The van der Waals surface area contributed by atoms with Crippen LogP contribution < -0.4 is 15.5 Å². The quantitative estimate of drug-likeness (QED) is 0.715. The molecule has 1 aliphatic heterocycles. The number of rotatable bonds is 5. The first kappa shape index (κ1) is 21.8. The molecule has 2 aromatic rings. The number of anilines is 1. The molecule has 2 unspecified atom stereocenters. The van der Waals surface area contributed by atoms with Crippen LogP contribution in [0.3, 0.4) is 0 Å². The number of hydrogen-bond acceptors (Lipinski definition) is 5. The number of carbonyl (C=O) groups is 3. The van der Waals surface area contributed by atoms with Crippen LogP contribution >= 0.6 is 22.9 Å². The van der Waals surface area contributed by atoms with Gasteiger partial charge in [-0.05, 0) is 49.2 Å². The van der Waals surface area contributed by atoms with E-state index < -0.39 is 0 Å². The van der Waals surface area contributed by atoms with Crippen LogP contribution in [-0.4, -0.2) is 49.6 Å². The van der Waals surface area contributed by atoms with Crippen molar-refractivity contribution < 1.29 is 19.1 Å². The van der Waals surface area contributed by atoms with Gasteiger partial charge in [0.2, 0.25) is 0 Å². The number of morpholine rings is 1. The zero-order valence-electron chi connectivity index (χ0n) is 16.9. The van der Waals surface area contributed by atoms with Gasteiger partial charge in [0.25, 0.3) is 17.7 Å². The van der Waals surface area contributed by atoms with Crippen LogP contribution in [0.25, 0.3) is 0 Å². The largest absolute Gasteiger partial charge is 0.370 e. The molecule has 4 rings (SSSR count). The Labute approximate surface area is 189 Å². The lowest BCUT2D eigenvalue weighted by atomic mass is 9.90. The second-order valence-corrected chi connectivity index (χ2v) is 9.41. The molecule has 31 heavy (non-hydrogen) atoms. The van der Waals surface area contributed by atoms with Gasteiger partial charge in [0, 0.05) is 29.9 Å². The molecule has 1 saturated carbocycles. The molecule has 2 heterocycles. The second kappa shape index (κ2) is 9.80. The summed E-state index contributed by atoms with van der Waals surface area (Å²) in [6.07, 6.45) is 3.63. The zero-order valence-corrected chi connectivity index (χ0v) is 18.5. The summed E-state index contributed by atoms with van der Waals surface area (Å²) in [5.41, 5.74) is 1.27. The van der Waals surface area contributed by atoms with Gasteiger partial charge in [-0.1, -0.05) is 24.4 Å². The molecule has 1 aromatic heterocycles. The molecule has 0 bridgehead atoms. The Morgan fingerprint density at radius 3 is 2.29 bits per heavy atom. The number of nitrogens with one attached hydrogen (secondary N) is 2. The monoisotopic (exact) mass is 461 g/mol. The van der Waals surface area contributed by atoms with E-state index >= 15 is 0 Å². The third-order valence-electron chi connectivity index (χ3n) is 5.62. The molecule has 7 nitrogen and oxygen atoms in total. The number of nitrogens with zero attached hydrogens (tertiary/aromatic N) is 1. The second-order valence-electron chi connectivity index (χ2n) is 7.69. The van der Waals surface area contributed by atoms with Crippen molar-refractivity contribution in [1.82, 2.24) is 10.6 Å². The van der Waals surface area contributed by atoms with Crippen LogP contribution in [0, 0.1) is 0 Å². The molecule has 3 amide bonds. The van der Waals surface area contributed by atoms with Crippen LogP contribution in [0.4, 0.5) is 5.69 Å². The normalized spacial score (nSPS) is 21.6. The fraction of sp³-hybridized carbons (Fsp3) is 0.409. The van der Waals surface area contributed by atoms with E-state index in [2.05, 4.69) is 10.6 Å². The summed E-state index contributed by atoms with van der Waals surface area (Å²) >= 11 is 7.17. The van der Waals surface area contributed by atoms with Gasteiger partial charge in [-0.25, -0.2) is 0 Å².